The largest absolute Gasteiger partial charge is 0.367 e. The Balaban J connectivity index is 2.94. The maximum absolute atomic E-state index is 11.3. The van der Waals surface area contributed by atoms with E-state index in [1.165, 1.54) is 12.1 Å². The normalized spacial score (nSPS) is 10.8. The first-order valence-electron chi connectivity index (χ1n) is 3.84. The van der Waals surface area contributed by atoms with E-state index in [1.807, 2.05) is 0 Å². The monoisotopic (exact) mass is 225 g/mol. The molecule has 0 aromatic heterocycles. The Kier molecular flexibility index (Phi) is 3.69. The molecule has 78 valence electrons. The summed E-state index contributed by atoms with van der Waals surface area (Å²) in [4.78, 5) is 14.6. The predicted molar refractivity (Wildman–Crippen MR) is 53.7 cm³/mol. The van der Waals surface area contributed by atoms with E-state index in [4.69, 9.17) is 5.73 Å². The maximum Gasteiger partial charge on any atom is 0.319 e. The van der Waals surface area contributed by atoms with Crippen molar-refractivity contribution in [3.63, 3.8) is 0 Å². The number of carbonyl (C=O) groups is 1. The molecular weight excluding hydrogens is 218 g/mol. The molecule has 0 bridgehead atoms. The van der Waals surface area contributed by atoms with Crippen LogP contribution in [0.2, 0.25) is 0 Å². The summed E-state index contributed by atoms with van der Waals surface area (Å²) in [7, 11) is -2.70. The molecule has 0 heterocycles. The van der Waals surface area contributed by atoms with Gasteiger partial charge in [-0.25, -0.2) is 0 Å². The highest BCUT2D eigenvalue weighted by atomic mass is 32.2. The van der Waals surface area contributed by atoms with Crippen LogP contribution in [0.3, 0.4) is 0 Å². The van der Waals surface area contributed by atoms with Gasteiger partial charge < -0.3 is 5.73 Å². The number of nitrogens with two attached hydrogens (primary N) is 1. The summed E-state index contributed by atoms with van der Waals surface area (Å²) in [5.41, 5.74) is 5.39. The molecule has 1 aromatic rings. The molecule has 0 aliphatic heterocycles. The highest BCUT2D eigenvalue weighted by Crippen LogP contribution is 2.00. The summed E-state index contributed by atoms with van der Waals surface area (Å²) in [5.74, 6) is -1.22. The molecule has 0 aliphatic carbocycles. The van der Waals surface area contributed by atoms with Gasteiger partial charge in [0, 0.05) is 5.56 Å². The van der Waals surface area contributed by atoms with E-state index in [9.17, 15) is 13.2 Å². The van der Waals surface area contributed by atoms with Crippen LogP contribution < -0.4 is 5.73 Å². The molecule has 0 aliphatic rings. The third kappa shape index (κ3) is 3.69. The van der Waals surface area contributed by atoms with Crippen LogP contribution in [-0.2, 0) is 10.5 Å². The first-order chi connectivity index (χ1) is 7.09. The van der Waals surface area contributed by atoms with Crippen molar-refractivity contribution in [1.29, 1.82) is 0 Å². The summed E-state index contributed by atoms with van der Waals surface area (Å²) >= 11 is 0. The average molecular weight is 225 g/mol. The van der Waals surface area contributed by atoms with Gasteiger partial charge in [0.15, 0.2) is 0 Å². The Morgan fingerprint density at radius 3 is 2.33 bits per heavy atom. The van der Waals surface area contributed by atoms with Crippen molar-refractivity contribution >= 4 is 22.4 Å². The number of benzene rings is 1. The number of nitrogens with zero attached hydrogens (tertiary/aromatic N) is 2. The zero-order chi connectivity index (χ0) is 11.3. The van der Waals surface area contributed by atoms with Crippen LogP contribution in [0.5, 0.6) is 0 Å². The van der Waals surface area contributed by atoms with Gasteiger partial charge in [0.05, 0.1) is 0 Å². The standard InChI is InChI=1S/C8H7N3O3S/c9-8(11-15(13)14)10-7(12)6-4-2-1-3-5-6/h1-5H,(H2,9,10,12). The third-order valence-electron chi connectivity index (χ3n) is 1.40. The molecule has 0 unspecified atom stereocenters. The van der Waals surface area contributed by atoms with Crippen LogP contribution >= 0.6 is 0 Å². The lowest BCUT2D eigenvalue weighted by Gasteiger charge is -1.93. The molecule has 2 N–H and O–H groups in total. The second-order valence-corrected chi connectivity index (χ2v) is 3.07. The van der Waals surface area contributed by atoms with Gasteiger partial charge >= 0.3 is 10.5 Å². The van der Waals surface area contributed by atoms with Crippen molar-refractivity contribution in [2.45, 2.75) is 0 Å². The predicted octanol–water partition coefficient (Wildman–Crippen LogP) is 0.204. The van der Waals surface area contributed by atoms with Crippen LogP contribution in [0.4, 0.5) is 0 Å². The number of aliphatic imine (C=N–C) groups is 1. The Hall–Kier alpha value is -2.02. The number of hydrogen-bond donors (Lipinski definition) is 1. The van der Waals surface area contributed by atoms with Crippen LogP contribution in [-0.4, -0.2) is 20.3 Å². The first kappa shape index (κ1) is 11.1. The van der Waals surface area contributed by atoms with E-state index in [0.29, 0.717) is 5.56 Å². The molecule has 1 rings (SSSR count). The summed E-state index contributed by atoms with van der Waals surface area (Å²) in [6, 6.07) is 8.12. The number of carbonyl (C=O) groups excluding carboxylic acids is 1. The van der Waals surface area contributed by atoms with Crippen molar-refractivity contribution in [1.82, 2.24) is 0 Å². The number of amides is 1. The minimum atomic E-state index is -2.70. The van der Waals surface area contributed by atoms with Gasteiger partial charge in [-0.3, -0.25) is 4.79 Å². The van der Waals surface area contributed by atoms with Crippen LogP contribution in [0.1, 0.15) is 10.4 Å². The third-order valence-corrected chi connectivity index (χ3v) is 1.74. The fraction of sp³-hybridized carbons (Fsp3) is 0. The van der Waals surface area contributed by atoms with E-state index in [1.54, 1.807) is 18.2 Å². The van der Waals surface area contributed by atoms with Crippen molar-refractivity contribution in [3.8, 4) is 0 Å². The molecule has 1 amide bonds. The summed E-state index contributed by atoms with van der Waals surface area (Å²) in [6.07, 6.45) is 0. The van der Waals surface area contributed by atoms with Crippen LogP contribution in [0.15, 0.2) is 39.7 Å². The Bertz CT molecular complexity index is 511. The van der Waals surface area contributed by atoms with E-state index in [0.717, 1.165) is 0 Å². The van der Waals surface area contributed by atoms with Crippen molar-refractivity contribution in [2.75, 3.05) is 0 Å². The molecule has 15 heavy (non-hydrogen) atoms. The fourth-order valence-corrected chi connectivity index (χ4v) is 1.04. The molecule has 1 aromatic carbocycles. The van der Waals surface area contributed by atoms with Crippen molar-refractivity contribution in [3.05, 3.63) is 35.9 Å². The first-order valence-corrected chi connectivity index (χ1v) is 4.87. The molecule has 0 fully saturated rings. The Morgan fingerprint density at radius 2 is 1.80 bits per heavy atom. The second kappa shape index (κ2) is 5.01. The molecule has 7 heteroatoms. The minimum absolute atomic E-state index is 0.312. The van der Waals surface area contributed by atoms with Crippen LogP contribution in [0.25, 0.3) is 0 Å². The molecular formula is C8H7N3O3S. The average Bonchev–Trinajstić information content (AvgIpc) is 2.17. The Labute approximate surface area is 87.2 Å². The number of guanidine groups is 1. The van der Waals surface area contributed by atoms with Crippen LogP contribution in [0, 0.1) is 0 Å². The van der Waals surface area contributed by atoms with Crippen molar-refractivity contribution in [2.24, 2.45) is 15.1 Å². The highest BCUT2D eigenvalue weighted by molar-refractivity contribution is 7.62. The number of hydrogen-bond acceptors (Lipinski definition) is 3. The molecule has 0 atom stereocenters. The molecule has 0 saturated carbocycles. The smallest absolute Gasteiger partial charge is 0.319 e. The lowest BCUT2D eigenvalue weighted by atomic mass is 10.2. The highest BCUT2D eigenvalue weighted by Gasteiger charge is 2.03. The van der Waals surface area contributed by atoms with E-state index in [2.05, 4.69) is 9.36 Å². The zero-order valence-electron chi connectivity index (χ0n) is 7.49. The summed E-state index contributed by atoms with van der Waals surface area (Å²) in [5, 5.41) is 0. The quantitative estimate of drug-likeness (QED) is 0.544. The topological polar surface area (TPSA) is 102 Å². The summed E-state index contributed by atoms with van der Waals surface area (Å²) in [6.45, 7) is 0. The van der Waals surface area contributed by atoms with Gasteiger partial charge in [-0.2, -0.15) is 13.4 Å². The van der Waals surface area contributed by atoms with E-state index >= 15 is 0 Å². The van der Waals surface area contributed by atoms with Gasteiger partial charge in [-0.15, -0.1) is 0 Å². The summed E-state index contributed by atoms with van der Waals surface area (Å²) < 4.78 is 23.0. The van der Waals surface area contributed by atoms with Gasteiger partial charge in [0.2, 0.25) is 5.96 Å². The lowest BCUT2D eigenvalue weighted by Crippen LogP contribution is -2.11. The molecule has 6 nitrogen and oxygen atoms in total. The maximum atomic E-state index is 11.3. The number of rotatable bonds is 1. The molecule has 0 radical (unpaired) electrons. The van der Waals surface area contributed by atoms with Gasteiger partial charge in [0.25, 0.3) is 5.91 Å². The van der Waals surface area contributed by atoms with Gasteiger partial charge in [0.1, 0.15) is 0 Å². The molecule has 0 spiro atoms. The second-order valence-electron chi connectivity index (χ2n) is 2.45. The van der Waals surface area contributed by atoms with E-state index < -0.39 is 22.4 Å². The zero-order valence-corrected chi connectivity index (χ0v) is 8.31. The Morgan fingerprint density at radius 1 is 1.20 bits per heavy atom. The van der Waals surface area contributed by atoms with Gasteiger partial charge in [-0.05, 0) is 12.1 Å². The van der Waals surface area contributed by atoms with Crippen molar-refractivity contribution < 1.29 is 13.2 Å². The van der Waals surface area contributed by atoms with E-state index in [-0.39, 0.29) is 0 Å². The lowest BCUT2D eigenvalue weighted by molar-refractivity contribution is 0.100. The SMILES string of the molecule is NC(=NC(=O)c1ccccc1)N=S(=O)=O. The molecule has 0 saturated heterocycles. The minimum Gasteiger partial charge on any atom is -0.367 e. The van der Waals surface area contributed by atoms with Gasteiger partial charge in [-0.1, -0.05) is 22.6 Å². The fourth-order valence-electron chi connectivity index (χ4n) is 0.846.